The second-order valence-electron chi connectivity index (χ2n) is 9.01. The summed E-state index contributed by atoms with van der Waals surface area (Å²) in [6.45, 7) is 3.15. The Kier molecular flexibility index (Phi) is 5.93. The highest BCUT2D eigenvalue weighted by Crippen LogP contribution is 2.32. The molecule has 1 aliphatic heterocycles. The highest BCUT2D eigenvalue weighted by molar-refractivity contribution is 7.92. The Labute approximate surface area is 219 Å². The molecule has 0 spiro atoms. The second kappa shape index (κ2) is 9.28. The molecule has 6 nitrogen and oxygen atoms in total. The van der Waals surface area contributed by atoms with Crippen molar-refractivity contribution >= 4 is 53.9 Å². The Morgan fingerprint density at radius 3 is 2.51 bits per heavy atom. The third-order valence-corrected chi connectivity index (χ3v) is 9.80. The quantitative estimate of drug-likeness (QED) is 0.298. The molecule has 37 heavy (non-hydrogen) atoms. The lowest BCUT2D eigenvalue weighted by atomic mass is 10.0. The molecule has 4 aromatic carbocycles. The molecule has 5 aromatic rings. The van der Waals surface area contributed by atoms with E-state index in [9.17, 15) is 13.2 Å². The van der Waals surface area contributed by atoms with E-state index in [2.05, 4.69) is 29.3 Å². The number of amides is 1. The molecule has 0 bridgehead atoms. The summed E-state index contributed by atoms with van der Waals surface area (Å²) in [5, 5.41) is 2.28. The van der Waals surface area contributed by atoms with Gasteiger partial charge >= 0.3 is 0 Å². The predicted molar refractivity (Wildman–Crippen MR) is 149 cm³/mol. The molecule has 0 radical (unpaired) electrons. The molecule has 2 heterocycles. The summed E-state index contributed by atoms with van der Waals surface area (Å²) in [7, 11) is -3.74. The van der Waals surface area contributed by atoms with Gasteiger partial charge in [0.15, 0.2) is 4.80 Å². The topological polar surface area (TPSA) is 71.7 Å². The van der Waals surface area contributed by atoms with E-state index in [-0.39, 0.29) is 4.90 Å². The number of aryl methyl sites for hydroxylation is 2. The minimum Gasteiger partial charge on any atom is -0.317 e. The Bertz CT molecular complexity index is 1830. The molecule has 6 rings (SSSR count). The number of carbonyl (C=O) groups excluding carboxylic acids is 1. The number of carbonyl (C=O) groups is 1. The first-order valence-electron chi connectivity index (χ1n) is 12.3. The zero-order chi connectivity index (χ0) is 25.6. The van der Waals surface area contributed by atoms with Crippen LogP contribution < -0.4 is 9.11 Å². The number of thiazole rings is 1. The van der Waals surface area contributed by atoms with E-state index in [4.69, 9.17) is 0 Å². The Balaban J connectivity index is 1.35. The number of para-hydroxylation sites is 1. The first-order chi connectivity index (χ1) is 18.0. The number of fused-ring (bicyclic) bond motifs is 4. The van der Waals surface area contributed by atoms with Crippen molar-refractivity contribution in [1.82, 2.24) is 4.57 Å². The summed E-state index contributed by atoms with van der Waals surface area (Å²) in [4.78, 5) is 18.3. The predicted octanol–water partition coefficient (Wildman–Crippen LogP) is 5.76. The Hall–Kier alpha value is -3.75. The average molecular weight is 528 g/mol. The van der Waals surface area contributed by atoms with Gasteiger partial charge in [0.05, 0.1) is 20.8 Å². The summed E-state index contributed by atoms with van der Waals surface area (Å²) >= 11 is 1.49. The lowest BCUT2D eigenvalue weighted by Gasteiger charge is -2.30. The highest BCUT2D eigenvalue weighted by atomic mass is 32.2. The van der Waals surface area contributed by atoms with E-state index in [1.165, 1.54) is 27.8 Å². The van der Waals surface area contributed by atoms with Gasteiger partial charge < -0.3 is 4.57 Å². The monoisotopic (exact) mass is 527 g/mol. The van der Waals surface area contributed by atoms with Crippen LogP contribution in [0.1, 0.15) is 29.3 Å². The van der Waals surface area contributed by atoms with Gasteiger partial charge in [0.2, 0.25) is 0 Å². The van der Waals surface area contributed by atoms with Gasteiger partial charge in [0, 0.05) is 24.0 Å². The molecule has 0 unspecified atom stereocenters. The maximum atomic E-state index is 13.4. The van der Waals surface area contributed by atoms with Crippen molar-refractivity contribution in [3.8, 4) is 0 Å². The van der Waals surface area contributed by atoms with E-state index in [0.717, 1.165) is 45.1 Å². The van der Waals surface area contributed by atoms with Crippen molar-refractivity contribution in [3.63, 3.8) is 0 Å². The van der Waals surface area contributed by atoms with Crippen LogP contribution in [-0.4, -0.2) is 25.4 Å². The van der Waals surface area contributed by atoms with E-state index >= 15 is 0 Å². The Morgan fingerprint density at radius 2 is 1.70 bits per heavy atom. The summed E-state index contributed by atoms with van der Waals surface area (Å²) in [5.74, 6) is -0.398. The molecule has 0 saturated carbocycles. The lowest BCUT2D eigenvalue weighted by Crippen LogP contribution is -2.35. The molecule has 1 aliphatic rings. The number of rotatable bonds is 4. The summed E-state index contributed by atoms with van der Waals surface area (Å²) in [6, 6.07) is 26.0. The van der Waals surface area contributed by atoms with Crippen LogP contribution in [0.4, 0.5) is 5.69 Å². The summed E-state index contributed by atoms with van der Waals surface area (Å²) in [5.41, 5.74) is 3.15. The molecule has 0 saturated heterocycles. The van der Waals surface area contributed by atoms with Crippen molar-refractivity contribution in [1.29, 1.82) is 0 Å². The van der Waals surface area contributed by atoms with Crippen molar-refractivity contribution in [2.45, 2.75) is 31.2 Å². The minimum atomic E-state index is -3.74. The maximum Gasteiger partial charge on any atom is 0.279 e. The standard InChI is InChI=1S/C29H25N3O3S2/c1-2-31-26-18-15-20-8-3-5-11-24(20)27(26)36-29(31)30-28(33)22-13-16-23(17-14-22)37(34,35)32-19-7-10-21-9-4-6-12-25(21)32/h3-6,8-9,11-18H,2,7,10,19H2,1H3. The first kappa shape index (κ1) is 23.6. The number of hydrogen-bond acceptors (Lipinski definition) is 4. The zero-order valence-corrected chi connectivity index (χ0v) is 21.9. The fourth-order valence-electron chi connectivity index (χ4n) is 4.99. The summed E-state index contributed by atoms with van der Waals surface area (Å²) < 4.78 is 31.5. The molecular weight excluding hydrogens is 502 g/mol. The molecule has 0 N–H and O–H groups in total. The van der Waals surface area contributed by atoms with Crippen LogP contribution >= 0.6 is 11.3 Å². The highest BCUT2D eigenvalue weighted by Gasteiger charge is 2.29. The fourth-order valence-corrected chi connectivity index (χ4v) is 7.75. The lowest BCUT2D eigenvalue weighted by molar-refractivity contribution is 0.0997. The van der Waals surface area contributed by atoms with Gasteiger partial charge in [-0.25, -0.2) is 8.42 Å². The molecule has 0 atom stereocenters. The van der Waals surface area contributed by atoms with Crippen LogP contribution in [0.25, 0.3) is 21.0 Å². The van der Waals surface area contributed by atoms with Crippen LogP contribution in [0.3, 0.4) is 0 Å². The fraction of sp³-hybridized carbons (Fsp3) is 0.172. The third-order valence-electron chi connectivity index (χ3n) is 6.84. The Morgan fingerprint density at radius 1 is 0.946 bits per heavy atom. The number of sulfonamides is 1. The van der Waals surface area contributed by atoms with E-state index < -0.39 is 15.9 Å². The van der Waals surface area contributed by atoms with E-state index in [1.807, 2.05) is 47.9 Å². The maximum absolute atomic E-state index is 13.4. The molecule has 8 heteroatoms. The summed E-state index contributed by atoms with van der Waals surface area (Å²) in [6.07, 6.45) is 1.63. The van der Waals surface area contributed by atoms with Gasteiger partial charge in [-0.15, -0.1) is 0 Å². The van der Waals surface area contributed by atoms with Crippen LogP contribution in [0, 0.1) is 0 Å². The third kappa shape index (κ3) is 4.06. The van der Waals surface area contributed by atoms with Crippen molar-refractivity contribution in [2.24, 2.45) is 4.99 Å². The molecule has 1 aromatic heterocycles. The van der Waals surface area contributed by atoms with Gasteiger partial charge in [-0.05, 0) is 67.1 Å². The number of benzene rings is 4. The van der Waals surface area contributed by atoms with Crippen molar-refractivity contribution in [2.75, 3.05) is 10.8 Å². The molecule has 1 amide bonds. The number of hydrogen-bond donors (Lipinski definition) is 0. The molecule has 0 aliphatic carbocycles. The molecular formula is C29H25N3O3S2. The smallest absolute Gasteiger partial charge is 0.279 e. The van der Waals surface area contributed by atoms with Crippen LogP contribution in [-0.2, 0) is 23.0 Å². The number of aromatic nitrogens is 1. The van der Waals surface area contributed by atoms with Gasteiger partial charge in [0.1, 0.15) is 0 Å². The van der Waals surface area contributed by atoms with Gasteiger partial charge in [-0.3, -0.25) is 9.10 Å². The van der Waals surface area contributed by atoms with Crippen molar-refractivity contribution < 1.29 is 13.2 Å². The van der Waals surface area contributed by atoms with Gasteiger partial charge in [-0.1, -0.05) is 59.9 Å². The second-order valence-corrected chi connectivity index (χ2v) is 11.9. The minimum absolute atomic E-state index is 0.165. The van der Waals surface area contributed by atoms with Crippen molar-refractivity contribution in [3.05, 3.63) is 101 Å². The van der Waals surface area contributed by atoms with E-state index in [0.29, 0.717) is 23.5 Å². The van der Waals surface area contributed by atoms with E-state index in [1.54, 1.807) is 12.1 Å². The number of nitrogens with zero attached hydrogens (tertiary/aromatic N) is 3. The first-order valence-corrected chi connectivity index (χ1v) is 14.5. The van der Waals surface area contributed by atoms with Crippen LogP contribution in [0.15, 0.2) is 94.8 Å². The molecule has 186 valence electrons. The zero-order valence-electron chi connectivity index (χ0n) is 20.3. The largest absolute Gasteiger partial charge is 0.317 e. The SMILES string of the molecule is CCn1c(=NC(=O)c2ccc(S(=O)(=O)N3CCCc4ccccc43)cc2)sc2c3ccccc3ccc21. The van der Waals surface area contributed by atoms with Gasteiger partial charge in [-0.2, -0.15) is 4.99 Å². The average Bonchev–Trinajstić information content (AvgIpc) is 3.30. The normalized spacial score (nSPS) is 14.3. The number of anilines is 1. The van der Waals surface area contributed by atoms with Crippen LogP contribution in [0.5, 0.6) is 0 Å². The molecule has 0 fully saturated rings. The van der Waals surface area contributed by atoms with Gasteiger partial charge in [0.25, 0.3) is 15.9 Å². The van der Waals surface area contributed by atoms with Crippen LogP contribution in [0.2, 0.25) is 0 Å².